The number of methoxy groups -OCH3 is 1. The number of nitro groups is 1. The molecule has 5 nitrogen and oxygen atoms in total. The Kier molecular flexibility index (Phi) is 3.32. The van der Waals surface area contributed by atoms with Gasteiger partial charge in [0, 0.05) is 13.2 Å². The molecule has 1 rings (SSSR count). The molecule has 0 N–H and O–H groups in total. The van der Waals surface area contributed by atoms with Crippen molar-refractivity contribution >= 4 is 18.4 Å². The second-order valence-electron chi connectivity index (χ2n) is 2.50. The number of nitrogens with zero attached hydrogens (tertiary/aromatic N) is 2. The maximum absolute atomic E-state index is 10.5. The van der Waals surface area contributed by atoms with Crippen molar-refractivity contribution in [1.29, 1.82) is 0 Å². The average molecular weight is 202 g/mol. The van der Waals surface area contributed by atoms with Gasteiger partial charge in [0.2, 0.25) is 0 Å². The zero-order valence-corrected chi connectivity index (χ0v) is 8.03. The van der Waals surface area contributed by atoms with Gasteiger partial charge in [-0.25, -0.2) is 4.57 Å². The summed E-state index contributed by atoms with van der Waals surface area (Å²) in [7, 11) is 1.55. The number of aromatic nitrogens is 1. The first-order valence-corrected chi connectivity index (χ1v) is 4.12. The lowest BCUT2D eigenvalue weighted by Gasteiger charge is -1.99. The van der Waals surface area contributed by atoms with Gasteiger partial charge in [-0.3, -0.25) is 0 Å². The molecule has 0 fully saturated rings. The highest BCUT2D eigenvalue weighted by molar-refractivity contribution is 7.80. The van der Waals surface area contributed by atoms with Crippen molar-refractivity contribution in [2.24, 2.45) is 0 Å². The van der Waals surface area contributed by atoms with Crippen LogP contribution in [0.15, 0.2) is 17.2 Å². The lowest BCUT2D eigenvalue weighted by Crippen LogP contribution is -2.05. The van der Waals surface area contributed by atoms with Crippen LogP contribution in [0, 0.1) is 10.1 Å². The maximum Gasteiger partial charge on any atom is 0.324 e. The lowest BCUT2D eigenvalue weighted by molar-refractivity contribution is -0.392. The first kappa shape index (κ1) is 10.1. The summed E-state index contributed by atoms with van der Waals surface area (Å²) >= 11 is 4.03. The van der Waals surface area contributed by atoms with Crippen molar-refractivity contribution in [1.82, 2.24) is 4.57 Å². The molecular weight excluding hydrogens is 192 g/mol. The molecule has 0 unspecified atom stereocenters. The number of rotatable bonds is 4. The van der Waals surface area contributed by atoms with E-state index in [4.69, 9.17) is 4.74 Å². The zero-order chi connectivity index (χ0) is 9.84. The van der Waals surface area contributed by atoms with E-state index in [1.165, 1.54) is 10.6 Å². The van der Waals surface area contributed by atoms with Gasteiger partial charge in [-0.2, -0.15) is 0 Å². The summed E-state index contributed by atoms with van der Waals surface area (Å²) in [5.74, 6) is 0.0436. The van der Waals surface area contributed by atoms with Gasteiger partial charge in [0.1, 0.15) is 12.7 Å². The molecule has 0 saturated heterocycles. The molecule has 13 heavy (non-hydrogen) atoms. The van der Waals surface area contributed by atoms with Gasteiger partial charge in [-0.1, -0.05) is 0 Å². The van der Waals surface area contributed by atoms with E-state index < -0.39 is 4.92 Å². The molecule has 1 aromatic heterocycles. The molecule has 0 aliphatic heterocycles. The Labute approximate surface area is 80.9 Å². The van der Waals surface area contributed by atoms with E-state index in [1.807, 2.05) is 0 Å². The summed E-state index contributed by atoms with van der Waals surface area (Å²) in [6.07, 6.45) is 1.61. The van der Waals surface area contributed by atoms with E-state index in [0.29, 0.717) is 18.0 Å². The monoisotopic (exact) mass is 202 g/mol. The maximum atomic E-state index is 10.5. The van der Waals surface area contributed by atoms with Gasteiger partial charge in [-0.15, -0.1) is 12.6 Å². The van der Waals surface area contributed by atoms with Crippen LogP contribution >= 0.6 is 12.6 Å². The average Bonchev–Trinajstić information content (AvgIpc) is 2.43. The van der Waals surface area contributed by atoms with Gasteiger partial charge >= 0.3 is 5.82 Å². The molecule has 72 valence electrons. The van der Waals surface area contributed by atoms with Gasteiger partial charge in [0.05, 0.1) is 11.5 Å². The van der Waals surface area contributed by atoms with Crippen LogP contribution in [-0.2, 0) is 11.3 Å². The smallest absolute Gasteiger partial charge is 0.324 e. The summed E-state index contributed by atoms with van der Waals surface area (Å²) in [6.45, 7) is 0.913. The second-order valence-corrected chi connectivity index (χ2v) is 3.02. The molecule has 0 radical (unpaired) electrons. The first-order valence-electron chi connectivity index (χ1n) is 3.67. The molecule has 0 aromatic carbocycles. The SMILES string of the molecule is COCCn1cc(S)cc1[N+](=O)[O-]. The topological polar surface area (TPSA) is 57.3 Å². The molecule has 0 atom stereocenters. The van der Waals surface area contributed by atoms with Gasteiger partial charge in [0.25, 0.3) is 0 Å². The highest BCUT2D eigenvalue weighted by atomic mass is 32.1. The molecule has 1 heterocycles. The summed E-state index contributed by atoms with van der Waals surface area (Å²) in [5, 5.41) is 10.5. The van der Waals surface area contributed by atoms with E-state index in [2.05, 4.69) is 12.6 Å². The normalized spacial score (nSPS) is 10.3. The molecule has 6 heteroatoms. The van der Waals surface area contributed by atoms with Crippen LogP contribution in [0.3, 0.4) is 0 Å². The number of ether oxygens (including phenoxy) is 1. The summed E-state index contributed by atoms with van der Waals surface area (Å²) in [6, 6.07) is 1.42. The van der Waals surface area contributed by atoms with Crippen LogP contribution in [0.2, 0.25) is 0 Å². The van der Waals surface area contributed by atoms with Crippen LogP contribution in [0.25, 0.3) is 0 Å². The molecule has 0 spiro atoms. The summed E-state index contributed by atoms with van der Waals surface area (Å²) in [5.41, 5.74) is 0. The van der Waals surface area contributed by atoms with Crippen molar-refractivity contribution in [3.05, 3.63) is 22.4 Å². The second kappa shape index (κ2) is 4.29. The van der Waals surface area contributed by atoms with Crippen molar-refractivity contribution in [2.45, 2.75) is 11.4 Å². The molecule has 1 aromatic rings. The fourth-order valence-corrected chi connectivity index (χ4v) is 1.26. The predicted molar refractivity (Wildman–Crippen MR) is 50.2 cm³/mol. The number of hydrogen-bond donors (Lipinski definition) is 1. The first-order chi connectivity index (χ1) is 6.15. The Hall–Kier alpha value is -1.01. The van der Waals surface area contributed by atoms with E-state index >= 15 is 0 Å². The van der Waals surface area contributed by atoms with Crippen LogP contribution in [0.4, 0.5) is 5.82 Å². The van der Waals surface area contributed by atoms with Gasteiger partial charge in [0.15, 0.2) is 0 Å². The Bertz CT molecular complexity index is 311. The highest BCUT2D eigenvalue weighted by Crippen LogP contribution is 2.18. The zero-order valence-electron chi connectivity index (χ0n) is 7.14. The van der Waals surface area contributed by atoms with E-state index in [9.17, 15) is 10.1 Å². The fraction of sp³-hybridized carbons (Fsp3) is 0.429. The largest absolute Gasteiger partial charge is 0.381 e. The van der Waals surface area contributed by atoms with E-state index in [-0.39, 0.29) is 5.82 Å². The number of thiol groups is 1. The third-order valence-electron chi connectivity index (χ3n) is 1.58. The lowest BCUT2D eigenvalue weighted by atomic mass is 10.6. The third kappa shape index (κ3) is 2.46. The highest BCUT2D eigenvalue weighted by Gasteiger charge is 2.13. The summed E-state index contributed by atoms with van der Waals surface area (Å²) < 4.78 is 6.33. The molecular formula is C7H10N2O3S. The van der Waals surface area contributed by atoms with Crippen molar-refractivity contribution in [3.8, 4) is 0 Å². The van der Waals surface area contributed by atoms with Crippen molar-refractivity contribution < 1.29 is 9.66 Å². The Morgan fingerprint density at radius 2 is 2.46 bits per heavy atom. The van der Waals surface area contributed by atoms with Crippen LogP contribution in [0.1, 0.15) is 0 Å². The predicted octanol–water partition coefficient (Wildman–Crippen LogP) is 1.33. The quantitative estimate of drug-likeness (QED) is 0.455. The molecule has 0 bridgehead atoms. The molecule has 0 aliphatic rings. The van der Waals surface area contributed by atoms with E-state index in [0.717, 1.165) is 0 Å². The molecule has 0 aliphatic carbocycles. The number of hydrogen-bond acceptors (Lipinski definition) is 4. The fourth-order valence-electron chi connectivity index (χ4n) is 1.00. The minimum Gasteiger partial charge on any atom is -0.381 e. The van der Waals surface area contributed by atoms with Gasteiger partial charge in [-0.05, 0) is 4.92 Å². The molecule has 0 amide bonds. The van der Waals surface area contributed by atoms with Crippen molar-refractivity contribution in [2.75, 3.05) is 13.7 Å². The van der Waals surface area contributed by atoms with Crippen LogP contribution < -0.4 is 0 Å². The Morgan fingerprint density at radius 3 is 3.00 bits per heavy atom. The van der Waals surface area contributed by atoms with Crippen LogP contribution in [-0.4, -0.2) is 23.2 Å². The standard InChI is InChI=1S/C7H10N2O3S/c1-12-3-2-8-5-6(13)4-7(8)9(10)11/h4-5,13H,2-3H2,1H3. The Balaban J connectivity index is 2.84. The van der Waals surface area contributed by atoms with Crippen molar-refractivity contribution in [3.63, 3.8) is 0 Å². The third-order valence-corrected chi connectivity index (χ3v) is 1.83. The van der Waals surface area contributed by atoms with Crippen LogP contribution in [0.5, 0.6) is 0 Å². The minimum atomic E-state index is -0.435. The van der Waals surface area contributed by atoms with Gasteiger partial charge < -0.3 is 14.9 Å². The molecule has 0 saturated carbocycles. The van der Waals surface area contributed by atoms with E-state index in [1.54, 1.807) is 13.3 Å². The minimum absolute atomic E-state index is 0.0436. The Morgan fingerprint density at radius 1 is 1.77 bits per heavy atom. The summed E-state index contributed by atoms with van der Waals surface area (Å²) in [4.78, 5) is 10.7.